The van der Waals surface area contributed by atoms with Crippen LogP contribution in [-0.2, 0) is 0 Å². The van der Waals surface area contributed by atoms with Gasteiger partial charge in [0.15, 0.2) is 0 Å². The number of nitrogens with one attached hydrogen (secondary N) is 1. The van der Waals surface area contributed by atoms with Gasteiger partial charge in [0.05, 0.1) is 4.70 Å². The average molecular weight is 251 g/mol. The number of thiophene rings is 1. The van der Waals surface area contributed by atoms with Crippen LogP contribution in [0.15, 0.2) is 49.1 Å². The van der Waals surface area contributed by atoms with Gasteiger partial charge in [-0.25, -0.2) is 4.98 Å². The molecule has 0 atom stereocenters. The molecule has 1 N–H and O–H groups in total. The van der Waals surface area contributed by atoms with Crippen LogP contribution < -0.4 is 0 Å². The topological polar surface area (TPSA) is 41.6 Å². The fourth-order valence-corrected chi connectivity index (χ4v) is 3.24. The van der Waals surface area contributed by atoms with Crippen LogP contribution in [0, 0.1) is 0 Å². The molecule has 18 heavy (non-hydrogen) atoms. The first-order valence-corrected chi connectivity index (χ1v) is 6.49. The van der Waals surface area contributed by atoms with Crippen molar-refractivity contribution >= 4 is 32.5 Å². The van der Waals surface area contributed by atoms with Crippen LogP contribution in [0.25, 0.3) is 31.6 Å². The second-order valence-electron chi connectivity index (χ2n) is 4.13. The van der Waals surface area contributed by atoms with E-state index in [1.54, 1.807) is 17.5 Å². The Hall–Kier alpha value is -2.20. The van der Waals surface area contributed by atoms with E-state index in [9.17, 15) is 0 Å². The average Bonchev–Trinajstić information content (AvgIpc) is 3.02. The Morgan fingerprint density at radius 2 is 2.17 bits per heavy atom. The third kappa shape index (κ3) is 1.36. The molecule has 0 saturated heterocycles. The Morgan fingerprint density at radius 3 is 3.11 bits per heavy atom. The summed E-state index contributed by atoms with van der Waals surface area (Å²) in [4.78, 5) is 12.9. The van der Waals surface area contributed by atoms with Gasteiger partial charge in [-0.3, -0.25) is 4.98 Å². The lowest BCUT2D eigenvalue weighted by molar-refractivity contribution is 1.33. The Labute approximate surface area is 107 Å². The summed E-state index contributed by atoms with van der Waals surface area (Å²) >= 11 is 1.76. The van der Waals surface area contributed by atoms with Crippen molar-refractivity contribution in [3.05, 3.63) is 49.1 Å². The van der Waals surface area contributed by atoms with Crippen LogP contribution in [0.2, 0.25) is 0 Å². The van der Waals surface area contributed by atoms with Crippen molar-refractivity contribution in [1.82, 2.24) is 15.0 Å². The Balaban J connectivity index is 2.01. The van der Waals surface area contributed by atoms with Gasteiger partial charge in [0.2, 0.25) is 0 Å². The van der Waals surface area contributed by atoms with E-state index in [0.29, 0.717) is 0 Å². The summed E-state index contributed by atoms with van der Waals surface area (Å²) in [6.45, 7) is 0. The molecule has 0 aliphatic carbocycles. The van der Waals surface area contributed by atoms with Gasteiger partial charge in [-0.1, -0.05) is 0 Å². The standard InChI is InChI=1S/C14H9N3S/c1-2-10-11(7-17-14(10)16-4-1)12-6-9-3-5-15-8-13(9)18-12/h1-8H,(H,16,17). The van der Waals surface area contributed by atoms with E-state index in [1.165, 1.54) is 20.5 Å². The molecule has 4 heteroatoms. The number of nitrogens with zero attached hydrogens (tertiary/aromatic N) is 2. The number of pyridine rings is 2. The quantitative estimate of drug-likeness (QED) is 0.558. The molecule has 0 spiro atoms. The summed E-state index contributed by atoms with van der Waals surface area (Å²) in [5, 5.41) is 2.40. The number of aromatic amines is 1. The van der Waals surface area contributed by atoms with E-state index < -0.39 is 0 Å². The monoisotopic (exact) mass is 251 g/mol. The van der Waals surface area contributed by atoms with E-state index in [-0.39, 0.29) is 0 Å². The lowest BCUT2D eigenvalue weighted by Crippen LogP contribution is -1.72. The highest BCUT2D eigenvalue weighted by molar-refractivity contribution is 7.22. The molecule has 0 bridgehead atoms. The third-order valence-corrected chi connectivity index (χ3v) is 4.16. The highest BCUT2D eigenvalue weighted by Crippen LogP contribution is 2.36. The van der Waals surface area contributed by atoms with E-state index in [1.807, 2.05) is 30.7 Å². The maximum atomic E-state index is 4.32. The van der Waals surface area contributed by atoms with Crippen molar-refractivity contribution in [3.63, 3.8) is 0 Å². The van der Waals surface area contributed by atoms with E-state index in [2.05, 4.69) is 27.1 Å². The molecule has 0 fully saturated rings. The zero-order valence-electron chi connectivity index (χ0n) is 9.42. The predicted molar refractivity (Wildman–Crippen MR) is 74.7 cm³/mol. The maximum absolute atomic E-state index is 4.32. The maximum Gasteiger partial charge on any atom is 0.137 e. The molecule has 3 nitrogen and oxygen atoms in total. The van der Waals surface area contributed by atoms with Crippen molar-refractivity contribution in [2.75, 3.05) is 0 Å². The zero-order chi connectivity index (χ0) is 11.9. The Kier molecular flexibility index (Phi) is 1.98. The first kappa shape index (κ1) is 9.79. The summed E-state index contributed by atoms with van der Waals surface area (Å²) < 4.78 is 1.21. The summed E-state index contributed by atoms with van der Waals surface area (Å²) in [5.74, 6) is 0. The number of aromatic nitrogens is 3. The highest BCUT2D eigenvalue weighted by atomic mass is 32.1. The summed E-state index contributed by atoms with van der Waals surface area (Å²) in [5.41, 5.74) is 2.14. The van der Waals surface area contributed by atoms with Crippen LogP contribution >= 0.6 is 11.3 Å². The fourth-order valence-electron chi connectivity index (χ4n) is 2.18. The first-order valence-electron chi connectivity index (χ1n) is 5.68. The van der Waals surface area contributed by atoms with Gasteiger partial charge in [0, 0.05) is 40.6 Å². The summed E-state index contributed by atoms with van der Waals surface area (Å²) in [6, 6.07) is 8.31. The lowest BCUT2D eigenvalue weighted by atomic mass is 10.2. The largest absolute Gasteiger partial charge is 0.345 e. The van der Waals surface area contributed by atoms with Gasteiger partial charge in [0.25, 0.3) is 0 Å². The first-order chi connectivity index (χ1) is 8.92. The van der Waals surface area contributed by atoms with Crippen LogP contribution in [-0.4, -0.2) is 15.0 Å². The molecule has 0 aromatic carbocycles. The van der Waals surface area contributed by atoms with Crippen LogP contribution in [0.3, 0.4) is 0 Å². The third-order valence-electron chi connectivity index (χ3n) is 3.04. The molecule has 4 rings (SSSR count). The zero-order valence-corrected chi connectivity index (χ0v) is 10.2. The Morgan fingerprint density at radius 1 is 1.17 bits per heavy atom. The van der Waals surface area contributed by atoms with Crippen molar-refractivity contribution in [2.24, 2.45) is 0 Å². The molecular formula is C14H9N3S. The number of H-pyrrole nitrogens is 1. The molecule has 0 saturated carbocycles. The molecule has 4 aromatic heterocycles. The normalized spacial score (nSPS) is 11.3. The Bertz CT molecular complexity index is 811. The molecule has 4 heterocycles. The SMILES string of the molecule is c1cnc2[nH]cc(-c3cc4ccncc4s3)c2c1. The van der Waals surface area contributed by atoms with Gasteiger partial charge in [-0.2, -0.15) is 0 Å². The summed E-state index contributed by atoms with van der Waals surface area (Å²) in [7, 11) is 0. The molecule has 0 radical (unpaired) electrons. The van der Waals surface area contributed by atoms with Crippen molar-refractivity contribution in [2.45, 2.75) is 0 Å². The number of hydrogen-bond acceptors (Lipinski definition) is 3. The van der Waals surface area contributed by atoms with Crippen LogP contribution in [0.1, 0.15) is 0 Å². The predicted octanol–water partition coefficient (Wildman–Crippen LogP) is 3.84. The second kappa shape index (κ2) is 3.65. The second-order valence-corrected chi connectivity index (χ2v) is 5.21. The molecule has 4 aromatic rings. The summed E-state index contributed by atoms with van der Waals surface area (Å²) in [6.07, 6.45) is 7.57. The van der Waals surface area contributed by atoms with Gasteiger partial charge >= 0.3 is 0 Å². The van der Waals surface area contributed by atoms with E-state index in [4.69, 9.17) is 0 Å². The fraction of sp³-hybridized carbons (Fsp3) is 0. The van der Waals surface area contributed by atoms with Crippen molar-refractivity contribution < 1.29 is 0 Å². The lowest BCUT2D eigenvalue weighted by Gasteiger charge is -1.92. The molecule has 0 aliphatic heterocycles. The minimum Gasteiger partial charge on any atom is -0.345 e. The molecule has 86 valence electrons. The van der Waals surface area contributed by atoms with Gasteiger partial charge in [0.1, 0.15) is 5.65 Å². The smallest absolute Gasteiger partial charge is 0.137 e. The number of hydrogen-bond donors (Lipinski definition) is 1. The minimum atomic E-state index is 0.933. The molecule has 0 amide bonds. The molecule has 0 unspecified atom stereocenters. The van der Waals surface area contributed by atoms with E-state index in [0.717, 1.165) is 11.0 Å². The van der Waals surface area contributed by atoms with E-state index >= 15 is 0 Å². The minimum absolute atomic E-state index is 0.933. The van der Waals surface area contributed by atoms with Crippen molar-refractivity contribution in [3.8, 4) is 10.4 Å². The number of fused-ring (bicyclic) bond motifs is 2. The van der Waals surface area contributed by atoms with Gasteiger partial charge in [-0.05, 0) is 29.7 Å². The van der Waals surface area contributed by atoms with Crippen LogP contribution in [0.4, 0.5) is 0 Å². The molecular weight excluding hydrogens is 242 g/mol. The highest BCUT2D eigenvalue weighted by Gasteiger charge is 2.09. The molecule has 0 aliphatic rings. The van der Waals surface area contributed by atoms with Crippen LogP contribution in [0.5, 0.6) is 0 Å². The van der Waals surface area contributed by atoms with Crippen molar-refractivity contribution in [1.29, 1.82) is 0 Å². The van der Waals surface area contributed by atoms with Gasteiger partial charge in [-0.15, -0.1) is 11.3 Å². The van der Waals surface area contributed by atoms with Gasteiger partial charge < -0.3 is 4.98 Å². The number of rotatable bonds is 1.